The molecule has 0 saturated carbocycles. The van der Waals surface area contributed by atoms with Crippen LogP contribution in [0, 0.1) is 0 Å². The minimum absolute atomic E-state index is 0.158. The topological polar surface area (TPSA) is 32.6 Å². The van der Waals surface area contributed by atoms with Crippen molar-refractivity contribution >= 4 is 16.5 Å². The molecule has 2 nitrogen and oxygen atoms in total. The number of nitrogens with zero attached hydrogens (tertiary/aromatic N) is 1. The number of hydrogen-bond acceptors (Lipinski definition) is 2. The van der Waals surface area contributed by atoms with Crippen LogP contribution >= 0.6 is 0 Å². The molecule has 4 aromatic carbocycles. The Hall–Kier alpha value is -3.39. The van der Waals surface area contributed by atoms with Crippen LogP contribution in [0.15, 0.2) is 108 Å². The highest BCUT2D eigenvalue weighted by molar-refractivity contribution is 6.08. The fourth-order valence-electron chi connectivity index (χ4n) is 3.52. The molecule has 1 atom stereocenters. The van der Waals surface area contributed by atoms with Crippen LogP contribution in [0.1, 0.15) is 22.6 Å². The van der Waals surface area contributed by atoms with E-state index < -0.39 is 0 Å². The van der Waals surface area contributed by atoms with Crippen molar-refractivity contribution in [2.45, 2.75) is 5.92 Å². The molecule has 0 aromatic heterocycles. The third-order valence-electron chi connectivity index (χ3n) is 4.72. The lowest BCUT2D eigenvalue weighted by Crippen LogP contribution is -2.16. The second-order valence-electron chi connectivity index (χ2n) is 6.26. The Morgan fingerprint density at radius 2 is 1.27 bits per heavy atom. The van der Waals surface area contributed by atoms with Crippen molar-refractivity contribution in [3.05, 3.63) is 120 Å². The predicted octanol–water partition coefficient (Wildman–Crippen LogP) is 5.85. The maximum atomic E-state index is 9.93. The van der Waals surface area contributed by atoms with Crippen molar-refractivity contribution in [3.8, 4) is 0 Å². The fourth-order valence-corrected chi connectivity index (χ4v) is 3.52. The summed E-state index contributed by atoms with van der Waals surface area (Å²) in [6, 6.07) is 34.7. The summed E-state index contributed by atoms with van der Waals surface area (Å²) in [6.45, 7) is 0. The molecule has 26 heavy (non-hydrogen) atoms. The first-order chi connectivity index (χ1) is 12.9. The van der Waals surface area contributed by atoms with Crippen LogP contribution in [0.5, 0.6) is 0 Å². The molecule has 0 aliphatic heterocycles. The average Bonchev–Trinajstić information content (AvgIpc) is 2.73. The van der Waals surface area contributed by atoms with Crippen molar-refractivity contribution in [3.63, 3.8) is 0 Å². The van der Waals surface area contributed by atoms with Gasteiger partial charge in [0.15, 0.2) is 0 Å². The number of fused-ring (bicyclic) bond motifs is 1. The van der Waals surface area contributed by atoms with E-state index >= 15 is 0 Å². The van der Waals surface area contributed by atoms with Gasteiger partial charge in [-0.15, -0.1) is 0 Å². The van der Waals surface area contributed by atoms with E-state index in [0.717, 1.165) is 16.7 Å². The quantitative estimate of drug-likeness (QED) is 0.283. The molecule has 0 aliphatic rings. The lowest BCUT2D eigenvalue weighted by Gasteiger charge is -2.21. The Bertz CT molecular complexity index is 1030. The molecular formula is C24H19NO. The Labute approximate surface area is 153 Å². The van der Waals surface area contributed by atoms with Crippen molar-refractivity contribution in [2.24, 2.45) is 5.16 Å². The molecule has 0 fully saturated rings. The van der Waals surface area contributed by atoms with E-state index in [0.29, 0.717) is 5.71 Å². The predicted molar refractivity (Wildman–Crippen MR) is 107 cm³/mol. The van der Waals surface area contributed by atoms with Crippen LogP contribution in [0.3, 0.4) is 0 Å². The van der Waals surface area contributed by atoms with E-state index in [1.807, 2.05) is 60.7 Å². The Morgan fingerprint density at radius 3 is 2.00 bits per heavy atom. The molecule has 1 N–H and O–H groups in total. The molecule has 2 heteroatoms. The minimum atomic E-state index is -0.158. The first kappa shape index (κ1) is 16.1. The van der Waals surface area contributed by atoms with E-state index in [-0.39, 0.29) is 5.92 Å². The van der Waals surface area contributed by atoms with Crippen LogP contribution in [-0.2, 0) is 0 Å². The number of rotatable bonds is 4. The molecule has 0 heterocycles. The first-order valence-corrected chi connectivity index (χ1v) is 8.68. The molecule has 0 aliphatic carbocycles. The molecule has 126 valence electrons. The molecule has 0 saturated heterocycles. The smallest absolute Gasteiger partial charge is 0.0986 e. The average molecular weight is 337 g/mol. The summed E-state index contributed by atoms with van der Waals surface area (Å²) >= 11 is 0. The first-order valence-electron chi connectivity index (χ1n) is 8.68. The largest absolute Gasteiger partial charge is 0.411 e. The van der Waals surface area contributed by atoms with Crippen molar-refractivity contribution in [1.29, 1.82) is 0 Å². The summed E-state index contributed by atoms with van der Waals surface area (Å²) < 4.78 is 0. The van der Waals surface area contributed by atoms with Crippen LogP contribution in [0.2, 0.25) is 0 Å². The van der Waals surface area contributed by atoms with Crippen LogP contribution in [0.4, 0.5) is 0 Å². The summed E-state index contributed by atoms with van der Waals surface area (Å²) in [5.41, 5.74) is 3.79. The molecule has 1 unspecified atom stereocenters. The standard InChI is InChI=1S/C24H19NO/c26-25-24(20-13-5-2-6-14-20)23(19-11-3-1-4-12-19)22-17-9-15-18-10-7-8-16-21(18)22/h1-17,23,26H/b25-24-. The summed E-state index contributed by atoms with van der Waals surface area (Å²) in [7, 11) is 0. The maximum absolute atomic E-state index is 9.93. The van der Waals surface area contributed by atoms with E-state index in [9.17, 15) is 5.21 Å². The molecule has 0 radical (unpaired) electrons. The van der Waals surface area contributed by atoms with E-state index in [1.54, 1.807) is 0 Å². The van der Waals surface area contributed by atoms with Gasteiger partial charge in [0.2, 0.25) is 0 Å². The van der Waals surface area contributed by atoms with Gasteiger partial charge in [-0.2, -0.15) is 0 Å². The normalized spacial score (nSPS) is 12.8. The van der Waals surface area contributed by atoms with Gasteiger partial charge in [0.05, 0.1) is 11.6 Å². The van der Waals surface area contributed by atoms with Gasteiger partial charge < -0.3 is 5.21 Å². The SMILES string of the molecule is O/N=C(/c1ccccc1)C(c1ccccc1)c1cccc2ccccc12. The van der Waals surface area contributed by atoms with E-state index in [2.05, 4.69) is 47.6 Å². The van der Waals surface area contributed by atoms with Gasteiger partial charge in [-0.3, -0.25) is 0 Å². The molecule has 4 aromatic rings. The molecule has 0 bridgehead atoms. The zero-order valence-electron chi connectivity index (χ0n) is 14.3. The zero-order valence-corrected chi connectivity index (χ0v) is 14.3. The summed E-state index contributed by atoms with van der Waals surface area (Å²) in [6.07, 6.45) is 0. The van der Waals surface area contributed by atoms with Gasteiger partial charge in [-0.1, -0.05) is 108 Å². The van der Waals surface area contributed by atoms with Crippen molar-refractivity contribution in [2.75, 3.05) is 0 Å². The van der Waals surface area contributed by atoms with Gasteiger partial charge in [-0.05, 0) is 21.9 Å². The van der Waals surface area contributed by atoms with Gasteiger partial charge in [0.1, 0.15) is 0 Å². The molecule has 0 amide bonds. The number of oxime groups is 1. The van der Waals surface area contributed by atoms with Gasteiger partial charge >= 0.3 is 0 Å². The summed E-state index contributed by atoms with van der Waals surface area (Å²) in [4.78, 5) is 0. The number of hydrogen-bond donors (Lipinski definition) is 1. The summed E-state index contributed by atoms with van der Waals surface area (Å²) in [5, 5.41) is 16.0. The highest BCUT2D eigenvalue weighted by atomic mass is 16.4. The number of benzene rings is 4. The Kier molecular flexibility index (Phi) is 4.48. The van der Waals surface area contributed by atoms with E-state index in [4.69, 9.17) is 0 Å². The Balaban J connectivity index is 1.98. The second kappa shape index (κ2) is 7.24. The third kappa shape index (κ3) is 2.98. The fraction of sp³-hybridized carbons (Fsp3) is 0.0417. The molecule has 0 spiro atoms. The van der Waals surface area contributed by atoms with Gasteiger partial charge in [0.25, 0.3) is 0 Å². The van der Waals surface area contributed by atoms with Gasteiger partial charge in [0, 0.05) is 5.56 Å². The van der Waals surface area contributed by atoms with Crippen molar-refractivity contribution in [1.82, 2.24) is 0 Å². The lowest BCUT2D eigenvalue weighted by atomic mass is 9.82. The second-order valence-corrected chi connectivity index (χ2v) is 6.26. The Morgan fingerprint density at radius 1 is 0.654 bits per heavy atom. The lowest BCUT2D eigenvalue weighted by molar-refractivity contribution is 0.317. The van der Waals surface area contributed by atoms with Crippen molar-refractivity contribution < 1.29 is 5.21 Å². The highest BCUT2D eigenvalue weighted by Crippen LogP contribution is 2.34. The van der Waals surface area contributed by atoms with Gasteiger partial charge in [-0.25, -0.2) is 0 Å². The maximum Gasteiger partial charge on any atom is 0.0986 e. The van der Waals surface area contributed by atoms with Crippen LogP contribution in [-0.4, -0.2) is 10.9 Å². The molecule has 4 rings (SSSR count). The molecular weight excluding hydrogens is 318 g/mol. The monoisotopic (exact) mass is 337 g/mol. The summed E-state index contributed by atoms with van der Waals surface area (Å²) in [5.74, 6) is -0.158. The zero-order chi connectivity index (χ0) is 17.8. The minimum Gasteiger partial charge on any atom is -0.411 e. The highest BCUT2D eigenvalue weighted by Gasteiger charge is 2.24. The van der Waals surface area contributed by atoms with Crippen LogP contribution in [0.25, 0.3) is 10.8 Å². The third-order valence-corrected chi connectivity index (χ3v) is 4.72. The van der Waals surface area contributed by atoms with E-state index in [1.165, 1.54) is 10.8 Å². The van der Waals surface area contributed by atoms with Crippen LogP contribution < -0.4 is 0 Å².